The van der Waals surface area contributed by atoms with E-state index < -0.39 is 0 Å². The summed E-state index contributed by atoms with van der Waals surface area (Å²) in [4.78, 5) is 12.2. The van der Waals surface area contributed by atoms with Gasteiger partial charge in [0.2, 0.25) is 0 Å². The zero-order valence-corrected chi connectivity index (χ0v) is 15.8. The Morgan fingerprint density at radius 1 is 1.20 bits per heavy atom. The molecule has 0 aromatic heterocycles. The Labute approximate surface area is 158 Å². The monoisotopic (exact) mass is 376 g/mol. The van der Waals surface area contributed by atoms with E-state index in [1.165, 1.54) is 0 Å². The number of benzene rings is 2. The average molecular weight is 377 g/mol. The first-order valence-electron chi connectivity index (χ1n) is 8.05. The molecule has 2 rings (SSSR count). The number of thiocarbonyl (C=S) groups is 1. The standard InChI is InChI=1S/C19H21ClN2O2S/c1-13(2)10-11-24-15-7-5-6-14(12-15)21-19(25)22-18(23)16-8-3-4-9-17(16)20/h3-9,12-13H,10-11H2,1-2H3,(H2,21,22,23,25). The Morgan fingerprint density at radius 2 is 1.96 bits per heavy atom. The molecule has 0 heterocycles. The number of hydrogen-bond acceptors (Lipinski definition) is 3. The van der Waals surface area contributed by atoms with Crippen LogP contribution in [0.2, 0.25) is 5.02 Å². The number of carbonyl (C=O) groups excluding carboxylic acids is 1. The number of halogens is 1. The first-order chi connectivity index (χ1) is 12.0. The number of amides is 1. The molecule has 0 unspecified atom stereocenters. The molecule has 0 aliphatic heterocycles. The molecule has 0 fully saturated rings. The molecule has 0 spiro atoms. The van der Waals surface area contributed by atoms with Crippen LogP contribution in [0.1, 0.15) is 30.6 Å². The smallest absolute Gasteiger partial charge is 0.258 e. The first kappa shape index (κ1) is 19.2. The minimum atomic E-state index is -0.354. The number of anilines is 1. The van der Waals surface area contributed by atoms with Crippen LogP contribution in [0.4, 0.5) is 5.69 Å². The highest BCUT2D eigenvalue weighted by molar-refractivity contribution is 7.80. The van der Waals surface area contributed by atoms with Crippen molar-refractivity contribution in [3.05, 3.63) is 59.1 Å². The van der Waals surface area contributed by atoms with E-state index in [2.05, 4.69) is 24.5 Å². The van der Waals surface area contributed by atoms with Crippen LogP contribution < -0.4 is 15.4 Å². The van der Waals surface area contributed by atoms with Crippen molar-refractivity contribution in [3.8, 4) is 5.75 Å². The van der Waals surface area contributed by atoms with E-state index in [1.54, 1.807) is 24.3 Å². The number of ether oxygens (including phenoxy) is 1. The lowest BCUT2D eigenvalue weighted by atomic mass is 10.1. The van der Waals surface area contributed by atoms with E-state index in [9.17, 15) is 4.79 Å². The van der Waals surface area contributed by atoms with Crippen molar-refractivity contribution < 1.29 is 9.53 Å². The summed E-state index contributed by atoms with van der Waals surface area (Å²) in [5, 5.41) is 6.17. The summed E-state index contributed by atoms with van der Waals surface area (Å²) in [5.41, 5.74) is 1.12. The fourth-order valence-electron chi connectivity index (χ4n) is 2.05. The van der Waals surface area contributed by atoms with Crippen LogP contribution in [0.25, 0.3) is 0 Å². The number of carbonyl (C=O) groups is 1. The Hall–Kier alpha value is -2.11. The van der Waals surface area contributed by atoms with Crippen LogP contribution in [-0.4, -0.2) is 17.6 Å². The highest BCUT2D eigenvalue weighted by Crippen LogP contribution is 2.18. The maximum Gasteiger partial charge on any atom is 0.258 e. The van der Waals surface area contributed by atoms with Gasteiger partial charge in [0.25, 0.3) is 5.91 Å². The molecule has 0 radical (unpaired) electrons. The largest absolute Gasteiger partial charge is 0.494 e. The molecule has 2 aromatic rings. The van der Waals surface area contributed by atoms with Crippen LogP contribution in [-0.2, 0) is 0 Å². The maximum atomic E-state index is 12.2. The molecule has 132 valence electrons. The van der Waals surface area contributed by atoms with Crippen molar-refractivity contribution in [2.75, 3.05) is 11.9 Å². The molecule has 25 heavy (non-hydrogen) atoms. The molecule has 0 atom stereocenters. The summed E-state index contributed by atoms with van der Waals surface area (Å²) in [5.74, 6) is 0.993. The van der Waals surface area contributed by atoms with Crippen molar-refractivity contribution in [2.24, 2.45) is 5.92 Å². The minimum absolute atomic E-state index is 0.198. The molecule has 0 aliphatic carbocycles. The lowest BCUT2D eigenvalue weighted by Crippen LogP contribution is -2.34. The molecular formula is C19H21ClN2O2S. The van der Waals surface area contributed by atoms with Gasteiger partial charge >= 0.3 is 0 Å². The zero-order valence-electron chi connectivity index (χ0n) is 14.2. The molecule has 1 amide bonds. The Bertz CT molecular complexity index is 750. The van der Waals surface area contributed by atoms with Crippen molar-refractivity contribution in [3.63, 3.8) is 0 Å². The predicted molar refractivity (Wildman–Crippen MR) is 107 cm³/mol. The van der Waals surface area contributed by atoms with Crippen LogP contribution >= 0.6 is 23.8 Å². The van der Waals surface area contributed by atoms with Crippen LogP contribution in [0.3, 0.4) is 0 Å². The first-order valence-corrected chi connectivity index (χ1v) is 8.84. The molecule has 2 N–H and O–H groups in total. The average Bonchev–Trinajstić information content (AvgIpc) is 2.55. The molecule has 0 aliphatic rings. The second-order valence-electron chi connectivity index (χ2n) is 5.95. The quantitative estimate of drug-likeness (QED) is 0.704. The maximum absolute atomic E-state index is 12.2. The molecule has 6 heteroatoms. The lowest BCUT2D eigenvalue weighted by Gasteiger charge is -2.12. The minimum Gasteiger partial charge on any atom is -0.494 e. The van der Waals surface area contributed by atoms with Gasteiger partial charge in [0, 0.05) is 11.8 Å². The SMILES string of the molecule is CC(C)CCOc1cccc(NC(=S)NC(=O)c2ccccc2Cl)c1. The third kappa shape index (κ3) is 6.36. The molecular weight excluding hydrogens is 356 g/mol. The van der Waals surface area contributed by atoms with Gasteiger partial charge in [-0.25, -0.2) is 0 Å². The van der Waals surface area contributed by atoms with E-state index >= 15 is 0 Å². The van der Waals surface area contributed by atoms with Gasteiger partial charge in [-0.15, -0.1) is 0 Å². The molecule has 4 nitrogen and oxygen atoms in total. The van der Waals surface area contributed by atoms with Gasteiger partial charge in [0.15, 0.2) is 5.11 Å². The number of rotatable bonds is 6. The third-order valence-electron chi connectivity index (χ3n) is 3.40. The van der Waals surface area contributed by atoms with Gasteiger partial charge in [-0.05, 0) is 48.8 Å². The Morgan fingerprint density at radius 3 is 2.68 bits per heavy atom. The Balaban J connectivity index is 1.92. The summed E-state index contributed by atoms with van der Waals surface area (Å²) in [6, 6.07) is 14.3. The van der Waals surface area contributed by atoms with E-state index in [4.69, 9.17) is 28.6 Å². The molecule has 2 aromatic carbocycles. The fraction of sp³-hybridized carbons (Fsp3) is 0.263. The molecule has 0 saturated carbocycles. The van der Waals surface area contributed by atoms with Gasteiger partial charge in [-0.2, -0.15) is 0 Å². The van der Waals surface area contributed by atoms with Crippen molar-refractivity contribution in [1.82, 2.24) is 5.32 Å². The molecule has 0 bridgehead atoms. The second-order valence-corrected chi connectivity index (χ2v) is 6.76. The van der Waals surface area contributed by atoms with E-state index in [-0.39, 0.29) is 11.0 Å². The van der Waals surface area contributed by atoms with Gasteiger partial charge in [-0.3, -0.25) is 10.1 Å². The predicted octanol–water partition coefficient (Wildman–Crippen LogP) is 4.89. The summed E-state index contributed by atoms with van der Waals surface area (Å²) < 4.78 is 5.72. The van der Waals surface area contributed by atoms with Gasteiger partial charge in [0.1, 0.15) is 5.75 Å². The Kier molecular flexibility index (Phi) is 7.22. The molecule has 0 saturated heterocycles. The lowest BCUT2D eigenvalue weighted by molar-refractivity contribution is 0.0978. The van der Waals surface area contributed by atoms with E-state index in [0.717, 1.165) is 17.9 Å². The zero-order chi connectivity index (χ0) is 18.2. The topological polar surface area (TPSA) is 50.4 Å². The fourth-order valence-corrected chi connectivity index (χ4v) is 2.49. The van der Waals surface area contributed by atoms with Crippen LogP contribution in [0.15, 0.2) is 48.5 Å². The normalized spacial score (nSPS) is 10.4. The summed E-state index contributed by atoms with van der Waals surface area (Å²) in [6.45, 7) is 4.97. The van der Waals surface area contributed by atoms with Crippen molar-refractivity contribution >= 4 is 40.5 Å². The van der Waals surface area contributed by atoms with Crippen molar-refractivity contribution in [2.45, 2.75) is 20.3 Å². The van der Waals surface area contributed by atoms with E-state index in [0.29, 0.717) is 23.1 Å². The highest BCUT2D eigenvalue weighted by Gasteiger charge is 2.11. The van der Waals surface area contributed by atoms with Crippen LogP contribution in [0, 0.1) is 5.92 Å². The summed E-state index contributed by atoms with van der Waals surface area (Å²) in [7, 11) is 0. The summed E-state index contributed by atoms with van der Waals surface area (Å²) in [6.07, 6.45) is 0.990. The van der Waals surface area contributed by atoms with Crippen molar-refractivity contribution in [1.29, 1.82) is 0 Å². The highest BCUT2D eigenvalue weighted by atomic mass is 35.5. The van der Waals surface area contributed by atoms with E-state index in [1.807, 2.05) is 24.3 Å². The second kappa shape index (κ2) is 9.39. The number of nitrogens with one attached hydrogen (secondary N) is 2. The summed E-state index contributed by atoms with van der Waals surface area (Å²) >= 11 is 11.2. The number of hydrogen-bond donors (Lipinski definition) is 2. The van der Waals surface area contributed by atoms with Gasteiger partial charge in [0.05, 0.1) is 17.2 Å². The van der Waals surface area contributed by atoms with Gasteiger partial charge < -0.3 is 10.1 Å². The van der Waals surface area contributed by atoms with Crippen LogP contribution in [0.5, 0.6) is 5.75 Å². The van der Waals surface area contributed by atoms with Gasteiger partial charge in [-0.1, -0.05) is 43.6 Å². The third-order valence-corrected chi connectivity index (χ3v) is 3.94.